The second-order valence-corrected chi connectivity index (χ2v) is 2.46. The minimum atomic E-state index is -0.786. The Balaban J connectivity index is 0.000000364. The number of hydrogen-bond donors (Lipinski definition) is 2. The molecule has 1 aromatic carbocycles. The molecule has 0 aliphatic carbocycles. The van der Waals surface area contributed by atoms with Crippen LogP contribution in [0.1, 0.15) is 5.56 Å². The molecule has 0 unspecified atom stereocenters. The smallest absolute Gasteiger partial charge is 0.307 e. The van der Waals surface area contributed by atoms with Crippen LogP contribution in [0, 0.1) is 12.3 Å². The molecule has 0 radical (unpaired) electrons. The molecule has 0 bridgehead atoms. The SMILES string of the molecule is C#CCN.O=C(O)Cc1ccccc1. The van der Waals surface area contributed by atoms with E-state index in [4.69, 9.17) is 10.8 Å². The van der Waals surface area contributed by atoms with Gasteiger partial charge in [0.2, 0.25) is 0 Å². The van der Waals surface area contributed by atoms with E-state index in [1.54, 1.807) is 12.1 Å². The summed E-state index contributed by atoms with van der Waals surface area (Å²) in [5, 5.41) is 8.37. The lowest BCUT2D eigenvalue weighted by atomic mass is 10.2. The summed E-state index contributed by atoms with van der Waals surface area (Å²) in [5.41, 5.74) is 5.63. The summed E-state index contributed by atoms with van der Waals surface area (Å²) in [4.78, 5) is 10.2. The molecule has 0 saturated carbocycles. The summed E-state index contributed by atoms with van der Waals surface area (Å²) in [6.45, 7) is 0.347. The van der Waals surface area contributed by atoms with E-state index in [2.05, 4.69) is 12.3 Å². The Bertz CT molecular complexity index is 301. The molecule has 0 atom stereocenters. The molecule has 0 spiro atoms. The van der Waals surface area contributed by atoms with E-state index in [1.807, 2.05) is 18.2 Å². The van der Waals surface area contributed by atoms with Crippen molar-refractivity contribution in [2.45, 2.75) is 6.42 Å². The Morgan fingerprint density at radius 1 is 1.43 bits per heavy atom. The maximum absolute atomic E-state index is 10.2. The third-order valence-electron chi connectivity index (χ3n) is 1.32. The number of nitrogens with two attached hydrogens (primary N) is 1. The van der Waals surface area contributed by atoms with Gasteiger partial charge in [-0.1, -0.05) is 36.3 Å². The zero-order valence-corrected chi connectivity index (χ0v) is 7.81. The van der Waals surface area contributed by atoms with Crippen LogP contribution in [0.5, 0.6) is 0 Å². The van der Waals surface area contributed by atoms with Gasteiger partial charge in [-0.3, -0.25) is 4.79 Å². The molecule has 0 fully saturated rings. The lowest BCUT2D eigenvalue weighted by Gasteiger charge is -1.92. The molecule has 0 aliphatic rings. The fourth-order valence-corrected chi connectivity index (χ4v) is 0.770. The summed E-state index contributed by atoms with van der Waals surface area (Å²) < 4.78 is 0. The van der Waals surface area contributed by atoms with Gasteiger partial charge in [-0.05, 0) is 5.56 Å². The zero-order chi connectivity index (χ0) is 10.8. The van der Waals surface area contributed by atoms with Crippen LogP contribution in [0.3, 0.4) is 0 Å². The maximum Gasteiger partial charge on any atom is 0.307 e. The Morgan fingerprint density at radius 3 is 2.29 bits per heavy atom. The van der Waals surface area contributed by atoms with Crippen molar-refractivity contribution in [3.05, 3.63) is 35.9 Å². The Kier molecular flexibility index (Phi) is 6.84. The van der Waals surface area contributed by atoms with Crippen molar-refractivity contribution in [1.29, 1.82) is 0 Å². The highest BCUT2D eigenvalue weighted by Gasteiger charge is 1.96. The molecule has 0 saturated heterocycles. The number of hydrogen-bond acceptors (Lipinski definition) is 2. The first-order valence-corrected chi connectivity index (χ1v) is 4.10. The number of rotatable bonds is 2. The van der Waals surface area contributed by atoms with Crippen LogP contribution < -0.4 is 5.73 Å². The van der Waals surface area contributed by atoms with Gasteiger partial charge in [-0.15, -0.1) is 6.42 Å². The van der Waals surface area contributed by atoms with Crippen LogP contribution in [-0.4, -0.2) is 17.6 Å². The summed E-state index contributed by atoms with van der Waals surface area (Å²) in [6.07, 6.45) is 4.76. The van der Waals surface area contributed by atoms with Gasteiger partial charge in [0, 0.05) is 0 Å². The van der Waals surface area contributed by atoms with Gasteiger partial charge < -0.3 is 10.8 Å². The lowest BCUT2D eigenvalue weighted by Crippen LogP contribution is -1.98. The van der Waals surface area contributed by atoms with Gasteiger partial charge in [-0.25, -0.2) is 0 Å². The van der Waals surface area contributed by atoms with Gasteiger partial charge in [0.15, 0.2) is 0 Å². The second-order valence-electron chi connectivity index (χ2n) is 2.46. The van der Waals surface area contributed by atoms with Crippen LogP contribution in [0.25, 0.3) is 0 Å². The van der Waals surface area contributed by atoms with Crippen LogP contribution in [0.4, 0.5) is 0 Å². The van der Waals surface area contributed by atoms with Crippen molar-refractivity contribution in [3.63, 3.8) is 0 Å². The number of carbonyl (C=O) groups is 1. The molecular formula is C11H13NO2. The Morgan fingerprint density at radius 2 is 1.93 bits per heavy atom. The van der Waals surface area contributed by atoms with Crippen molar-refractivity contribution in [2.75, 3.05) is 6.54 Å². The minimum Gasteiger partial charge on any atom is -0.481 e. The zero-order valence-electron chi connectivity index (χ0n) is 7.81. The highest BCUT2D eigenvalue weighted by atomic mass is 16.4. The number of aliphatic carboxylic acids is 1. The van der Waals surface area contributed by atoms with Crippen LogP contribution in [0.2, 0.25) is 0 Å². The van der Waals surface area contributed by atoms with E-state index in [0.717, 1.165) is 5.56 Å². The van der Waals surface area contributed by atoms with Crippen molar-refractivity contribution in [1.82, 2.24) is 0 Å². The third kappa shape index (κ3) is 6.89. The average Bonchev–Trinajstić information content (AvgIpc) is 2.19. The number of benzene rings is 1. The predicted octanol–water partition coefficient (Wildman–Crippen LogP) is 0.892. The molecule has 0 amide bonds. The van der Waals surface area contributed by atoms with Crippen molar-refractivity contribution in [3.8, 4) is 12.3 Å². The second kappa shape index (κ2) is 7.84. The molecule has 74 valence electrons. The topological polar surface area (TPSA) is 63.3 Å². The van der Waals surface area contributed by atoms with Gasteiger partial charge >= 0.3 is 5.97 Å². The molecular weight excluding hydrogens is 178 g/mol. The van der Waals surface area contributed by atoms with E-state index in [1.165, 1.54) is 0 Å². The largest absolute Gasteiger partial charge is 0.481 e. The van der Waals surface area contributed by atoms with E-state index in [9.17, 15) is 4.79 Å². The van der Waals surface area contributed by atoms with Gasteiger partial charge in [-0.2, -0.15) is 0 Å². The molecule has 1 aromatic rings. The minimum absolute atomic E-state index is 0.112. The Hall–Kier alpha value is -1.79. The highest BCUT2D eigenvalue weighted by Crippen LogP contribution is 1.98. The summed E-state index contributed by atoms with van der Waals surface area (Å²) >= 11 is 0. The predicted molar refractivity (Wildman–Crippen MR) is 55.7 cm³/mol. The molecule has 0 heterocycles. The molecule has 3 heteroatoms. The molecule has 1 rings (SSSR count). The number of carboxylic acid groups (broad SMARTS) is 1. The van der Waals surface area contributed by atoms with Gasteiger partial charge in [0.1, 0.15) is 0 Å². The van der Waals surface area contributed by atoms with E-state index >= 15 is 0 Å². The van der Waals surface area contributed by atoms with Gasteiger partial charge in [0.05, 0.1) is 13.0 Å². The van der Waals surface area contributed by atoms with Gasteiger partial charge in [0.25, 0.3) is 0 Å². The fraction of sp³-hybridized carbons (Fsp3) is 0.182. The molecule has 3 N–H and O–H groups in total. The fourth-order valence-electron chi connectivity index (χ4n) is 0.770. The quantitative estimate of drug-likeness (QED) is 0.682. The monoisotopic (exact) mass is 191 g/mol. The first-order chi connectivity index (χ1) is 6.70. The Labute approximate surface area is 83.6 Å². The first kappa shape index (κ1) is 12.2. The van der Waals surface area contributed by atoms with Crippen LogP contribution in [0.15, 0.2) is 30.3 Å². The van der Waals surface area contributed by atoms with Crippen LogP contribution in [-0.2, 0) is 11.2 Å². The maximum atomic E-state index is 10.2. The summed E-state index contributed by atoms with van der Waals surface area (Å²) in [7, 11) is 0. The van der Waals surface area contributed by atoms with E-state index < -0.39 is 5.97 Å². The molecule has 0 aliphatic heterocycles. The van der Waals surface area contributed by atoms with Crippen molar-refractivity contribution >= 4 is 5.97 Å². The normalized spacial score (nSPS) is 8.00. The lowest BCUT2D eigenvalue weighted by molar-refractivity contribution is -0.136. The average molecular weight is 191 g/mol. The molecule has 0 aromatic heterocycles. The summed E-state index contributed by atoms with van der Waals surface area (Å²) in [5.74, 6) is 1.42. The van der Waals surface area contributed by atoms with Crippen molar-refractivity contribution < 1.29 is 9.90 Å². The molecule has 14 heavy (non-hydrogen) atoms. The highest BCUT2D eigenvalue weighted by molar-refractivity contribution is 5.70. The van der Waals surface area contributed by atoms with E-state index in [0.29, 0.717) is 6.54 Å². The number of terminal acetylenes is 1. The number of carboxylic acids is 1. The van der Waals surface area contributed by atoms with Crippen LogP contribution >= 0.6 is 0 Å². The standard InChI is InChI=1S/C8H8O2.C3H5N/c9-8(10)6-7-4-2-1-3-5-7;1-2-3-4/h1-5H,6H2,(H,9,10);1H,3-4H2. The van der Waals surface area contributed by atoms with Crippen molar-refractivity contribution in [2.24, 2.45) is 5.73 Å². The third-order valence-corrected chi connectivity index (χ3v) is 1.32. The first-order valence-electron chi connectivity index (χ1n) is 4.10. The van der Waals surface area contributed by atoms with E-state index in [-0.39, 0.29) is 6.42 Å². The molecule has 3 nitrogen and oxygen atoms in total. The summed E-state index contributed by atoms with van der Waals surface area (Å²) in [6, 6.07) is 9.13.